The molecule has 0 atom stereocenters. The molecule has 0 bridgehead atoms. The molecule has 0 radical (unpaired) electrons. The number of thiophene rings is 1. The highest BCUT2D eigenvalue weighted by molar-refractivity contribution is 7.16. The molecule has 0 saturated heterocycles. The first-order valence-corrected chi connectivity index (χ1v) is 8.28. The van der Waals surface area contributed by atoms with Crippen LogP contribution in [0.3, 0.4) is 0 Å². The maximum Gasteiger partial charge on any atom is 0.416 e. The Morgan fingerprint density at radius 1 is 1.29 bits per heavy atom. The molecule has 0 N–H and O–H groups in total. The normalized spacial score (nSPS) is 11.3. The van der Waals surface area contributed by atoms with Gasteiger partial charge in [-0.3, -0.25) is 4.79 Å². The molecule has 1 heterocycles. The van der Waals surface area contributed by atoms with Crippen molar-refractivity contribution in [3.63, 3.8) is 0 Å². The topological polar surface area (TPSA) is 20.3 Å². The molecule has 2 rings (SSSR count). The zero-order valence-corrected chi connectivity index (χ0v) is 14.2. The van der Waals surface area contributed by atoms with E-state index in [-0.39, 0.29) is 12.3 Å². The summed E-state index contributed by atoms with van der Waals surface area (Å²) in [7, 11) is 0. The van der Waals surface area contributed by atoms with Crippen molar-refractivity contribution in [2.45, 2.75) is 19.1 Å². The lowest BCUT2D eigenvalue weighted by Crippen LogP contribution is -2.31. The minimum absolute atomic E-state index is 0.100. The van der Waals surface area contributed by atoms with E-state index in [1.54, 1.807) is 12.1 Å². The predicted molar refractivity (Wildman–Crippen MR) is 90.1 cm³/mol. The van der Waals surface area contributed by atoms with E-state index in [0.29, 0.717) is 23.0 Å². The van der Waals surface area contributed by atoms with Gasteiger partial charge in [-0.25, -0.2) is 0 Å². The molecule has 128 valence electrons. The van der Waals surface area contributed by atoms with Crippen molar-refractivity contribution in [3.05, 3.63) is 69.4 Å². The third-order valence-electron chi connectivity index (χ3n) is 3.29. The quantitative estimate of drug-likeness (QED) is 0.639. The monoisotopic (exact) mass is 373 g/mol. The summed E-state index contributed by atoms with van der Waals surface area (Å²) in [4.78, 5) is 14.9. The van der Waals surface area contributed by atoms with Gasteiger partial charge in [0.1, 0.15) is 0 Å². The third kappa shape index (κ3) is 5.11. The van der Waals surface area contributed by atoms with Gasteiger partial charge in [-0.2, -0.15) is 13.2 Å². The van der Waals surface area contributed by atoms with Gasteiger partial charge in [0, 0.05) is 11.4 Å². The predicted octanol–water partition coefficient (Wildman–Crippen LogP) is 5.18. The average molecular weight is 374 g/mol. The number of nitrogens with zero attached hydrogens (tertiary/aromatic N) is 1. The maximum atomic E-state index is 12.8. The molecule has 24 heavy (non-hydrogen) atoms. The van der Waals surface area contributed by atoms with Gasteiger partial charge < -0.3 is 4.90 Å². The zero-order valence-electron chi connectivity index (χ0n) is 12.6. The number of rotatable bonds is 6. The van der Waals surface area contributed by atoms with Gasteiger partial charge in [0.15, 0.2) is 0 Å². The van der Waals surface area contributed by atoms with E-state index >= 15 is 0 Å². The minimum Gasteiger partial charge on any atom is -0.334 e. The number of hydrogen-bond donors (Lipinski definition) is 0. The molecule has 0 aliphatic rings. The van der Waals surface area contributed by atoms with Crippen LogP contribution >= 0.6 is 22.9 Å². The SMILES string of the molecule is C=CCN(Cc1ccc(Cl)s1)C(=O)Cc1cccc(C(F)(F)F)c1. The minimum atomic E-state index is -4.42. The summed E-state index contributed by atoms with van der Waals surface area (Å²) in [5.41, 5.74) is -0.429. The Kier molecular flexibility index (Phi) is 6.07. The summed E-state index contributed by atoms with van der Waals surface area (Å²) in [5, 5.41) is 0. The number of alkyl halides is 3. The van der Waals surface area contributed by atoms with Crippen molar-refractivity contribution in [3.8, 4) is 0 Å². The molecule has 0 aliphatic carbocycles. The molecule has 1 amide bonds. The van der Waals surface area contributed by atoms with Crippen LogP contribution in [0.2, 0.25) is 4.34 Å². The average Bonchev–Trinajstić information content (AvgIpc) is 2.91. The smallest absolute Gasteiger partial charge is 0.334 e. The number of amides is 1. The molecule has 0 aliphatic heterocycles. The Morgan fingerprint density at radius 2 is 2.04 bits per heavy atom. The van der Waals surface area contributed by atoms with Crippen LogP contribution in [0.4, 0.5) is 13.2 Å². The number of hydrogen-bond acceptors (Lipinski definition) is 2. The largest absolute Gasteiger partial charge is 0.416 e. The highest BCUT2D eigenvalue weighted by Gasteiger charge is 2.30. The molecule has 0 fully saturated rings. The van der Waals surface area contributed by atoms with E-state index < -0.39 is 11.7 Å². The molecule has 0 unspecified atom stereocenters. The summed E-state index contributed by atoms with van der Waals surface area (Å²) in [6.45, 7) is 4.28. The second kappa shape index (κ2) is 7.85. The van der Waals surface area contributed by atoms with Crippen LogP contribution in [-0.2, 0) is 23.9 Å². The van der Waals surface area contributed by atoms with Gasteiger partial charge in [0.2, 0.25) is 5.91 Å². The molecular weight excluding hydrogens is 359 g/mol. The molecule has 2 nitrogen and oxygen atoms in total. The standard InChI is InChI=1S/C17H15ClF3NOS/c1-2-8-22(11-14-6-7-15(18)24-14)16(23)10-12-4-3-5-13(9-12)17(19,20)21/h2-7,9H,1,8,10-11H2. The van der Waals surface area contributed by atoms with Crippen LogP contribution in [0.25, 0.3) is 0 Å². The van der Waals surface area contributed by atoms with Crippen molar-refractivity contribution in [1.29, 1.82) is 0 Å². The molecule has 7 heteroatoms. The van der Waals surface area contributed by atoms with Crippen LogP contribution < -0.4 is 0 Å². The van der Waals surface area contributed by atoms with Gasteiger partial charge >= 0.3 is 6.18 Å². The van der Waals surface area contributed by atoms with E-state index in [1.807, 2.05) is 6.07 Å². The highest BCUT2D eigenvalue weighted by atomic mass is 35.5. The van der Waals surface area contributed by atoms with Crippen molar-refractivity contribution in [2.75, 3.05) is 6.54 Å². The molecular formula is C17H15ClF3NOS. The lowest BCUT2D eigenvalue weighted by Gasteiger charge is -2.20. The maximum absolute atomic E-state index is 12.8. The molecule has 0 saturated carbocycles. The first-order chi connectivity index (χ1) is 11.3. The van der Waals surface area contributed by atoms with E-state index in [1.165, 1.54) is 28.4 Å². The third-order valence-corrected chi connectivity index (χ3v) is 4.50. The summed E-state index contributed by atoms with van der Waals surface area (Å²) >= 11 is 7.24. The Balaban J connectivity index is 2.11. The number of carbonyl (C=O) groups excluding carboxylic acids is 1. The lowest BCUT2D eigenvalue weighted by molar-refractivity contribution is -0.138. The van der Waals surface area contributed by atoms with E-state index in [9.17, 15) is 18.0 Å². The second-order valence-electron chi connectivity index (χ2n) is 5.14. The Morgan fingerprint density at radius 3 is 2.62 bits per heavy atom. The molecule has 0 spiro atoms. The van der Waals surface area contributed by atoms with Gasteiger partial charge in [0.05, 0.1) is 22.9 Å². The van der Waals surface area contributed by atoms with Crippen LogP contribution in [0.5, 0.6) is 0 Å². The van der Waals surface area contributed by atoms with Gasteiger partial charge in [0.25, 0.3) is 0 Å². The summed E-state index contributed by atoms with van der Waals surface area (Å²) in [5.74, 6) is -0.265. The van der Waals surface area contributed by atoms with Crippen LogP contribution in [0.1, 0.15) is 16.0 Å². The summed E-state index contributed by atoms with van der Waals surface area (Å²) in [6, 6.07) is 8.38. The number of carbonyl (C=O) groups is 1. The van der Waals surface area contributed by atoms with Crippen LogP contribution in [0.15, 0.2) is 49.1 Å². The van der Waals surface area contributed by atoms with Gasteiger partial charge in [-0.15, -0.1) is 17.9 Å². The fraction of sp³-hybridized carbons (Fsp3) is 0.235. The fourth-order valence-corrected chi connectivity index (χ4v) is 3.28. The Labute approximate surface area is 147 Å². The summed E-state index contributed by atoms with van der Waals surface area (Å²) in [6.07, 6.45) is -2.94. The molecule has 2 aromatic rings. The molecule has 1 aromatic carbocycles. The number of halogens is 4. The van der Waals surface area contributed by atoms with E-state index in [0.717, 1.165) is 17.0 Å². The zero-order chi connectivity index (χ0) is 17.7. The van der Waals surface area contributed by atoms with Crippen molar-refractivity contribution in [1.82, 2.24) is 4.90 Å². The fourth-order valence-electron chi connectivity index (χ4n) is 2.18. The van der Waals surface area contributed by atoms with Crippen LogP contribution in [0, 0.1) is 0 Å². The van der Waals surface area contributed by atoms with Crippen LogP contribution in [-0.4, -0.2) is 17.4 Å². The van der Waals surface area contributed by atoms with E-state index in [2.05, 4.69) is 6.58 Å². The molecule has 1 aromatic heterocycles. The summed E-state index contributed by atoms with van der Waals surface area (Å²) < 4.78 is 38.9. The van der Waals surface area contributed by atoms with Gasteiger partial charge in [-0.1, -0.05) is 35.9 Å². The first-order valence-electron chi connectivity index (χ1n) is 7.08. The van der Waals surface area contributed by atoms with Gasteiger partial charge in [-0.05, 0) is 23.8 Å². The Hall–Kier alpha value is -1.79. The van der Waals surface area contributed by atoms with Crippen molar-refractivity contribution >= 4 is 28.8 Å². The first kappa shape index (κ1) is 18.5. The van der Waals surface area contributed by atoms with E-state index in [4.69, 9.17) is 11.6 Å². The lowest BCUT2D eigenvalue weighted by atomic mass is 10.1. The number of benzene rings is 1. The second-order valence-corrected chi connectivity index (χ2v) is 6.94. The Bertz CT molecular complexity index is 727. The van der Waals surface area contributed by atoms with Crippen molar-refractivity contribution in [2.24, 2.45) is 0 Å². The van der Waals surface area contributed by atoms with Crippen molar-refractivity contribution < 1.29 is 18.0 Å². The highest BCUT2D eigenvalue weighted by Crippen LogP contribution is 2.29.